The SMILES string of the molecule is Cc1ccc(F)cc1C(=O)Cc1cc(Br)cs1. The number of Topliss-reactive ketones (excluding diaryl/α,β-unsaturated/α-hetero) is 1. The van der Waals surface area contributed by atoms with Crippen LogP contribution in [0.15, 0.2) is 34.1 Å². The zero-order valence-electron chi connectivity index (χ0n) is 9.17. The molecule has 0 bridgehead atoms. The van der Waals surface area contributed by atoms with Crippen LogP contribution in [0.5, 0.6) is 0 Å². The third-order valence-corrected chi connectivity index (χ3v) is 4.15. The average Bonchev–Trinajstić information content (AvgIpc) is 2.67. The van der Waals surface area contributed by atoms with Crippen LogP contribution in [0.25, 0.3) is 0 Å². The predicted octanol–water partition coefficient (Wildman–Crippen LogP) is 4.38. The zero-order chi connectivity index (χ0) is 12.4. The molecule has 0 saturated heterocycles. The van der Waals surface area contributed by atoms with Gasteiger partial charge in [-0.1, -0.05) is 6.07 Å². The topological polar surface area (TPSA) is 17.1 Å². The van der Waals surface area contributed by atoms with Gasteiger partial charge in [0.1, 0.15) is 5.82 Å². The standard InChI is InChI=1S/C13H10BrFOS/c1-8-2-3-10(15)5-12(8)13(16)6-11-4-9(14)7-17-11/h2-5,7H,6H2,1H3. The Balaban J connectivity index is 2.22. The Morgan fingerprint density at radius 2 is 2.18 bits per heavy atom. The lowest BCUT2D eigenvalue weighted by molar-refractivity contribution is 0.0993. The van der Waals surface area contributed by atoms with Crippen molar-refractivity contribution in [1.29, 1.82) is 0 Å². The zero-order valence-corrected chi connectivity index (χ0v) is 11.6. The van der Waals surface area contributed by atoms with Crippen LogP contribution in [-0.4, -0.2) is 5.78 Å². The number of ketones is 1. The van der Waals surface area contributed by atoms with Crippen LogP contribution < -0.4 is 0 Å². The smallest absolute Gasteiger partial charge is 0.168 e. The maximum atomic E-state index is 13.1. The van der Waals surface area contributed by atoms with Crippen molar-refractivity contribution in [2.75, 3.05) is 0 Å². The van der Waals surface area contributed by atoms with Crippen molar-refractivity contribution < 1.29 is 9.18 Å². The summed E-state index contributed by atoms with van der Waals surface area (Å²) in [5, 5.41) is 1.93. The van der Waals surface area contributed by atoms with Crippen LogP contribution in [0, 0.1) is 12.7 Å². The van der Waals surface area contributed by atoms with E-state index in [2.05, 4.69) is 15.9 Å². The number of hydrogen-bond donors (Lipinski definition) is 0. The lowest BCUT2D eigenvalue weighted by Crippen LogP contribution is -2.05. The number of thiophene rings is 1. The second-order valence-corrected chi connectivity index (χ2v) is 5.70. The van der Waals surface area contributed by atoms with Crippen molar-refractivity contribution >= 4 is 33.0 Å². The highest BCUT2D eigenvalue weighted by Gasteiger charge is 2.12. The molecule has 1 aromatic carbocycles. The van der Waals surface area contributed by atoms with E-state index in [1.807, 2.05) is 18.4 Å². The van der Waals surface area contributed by atoms with E-state index in [4.69, 9.17) is 0 Å². The molecule has 2 aromatic rings. The average molecular weight is 313 g/mol. The van der Waals surface area contributed by atoms with Gasteiger partial charge in [0.2, 0.25) is 0 Å². The summed E-state index contributed by atoms with van der Waals surface area (Å²) in [6.45, 7) is 1.82. The molecule has 1 heterocycles. The highest BCUT2D eigenvalue weighted by atomic mass is 79.9. The van der Waals surface area contributed by atoms with E-state index < -0.39 is 0 Å². The molecule has 0 atom stereocenters. The Labute approximate surface area is 111 Å². The molecular weight excluding hydrogens is 303 g/mol. The highest BCUT2D eigenvalue weighted by Crippen LogP contribution is 2.22. The molecule has 0 aliphatic carbocycles. The second kappa shape index (κ2) is 5.10. The molecule has 0 aliphatic rings. The third-order valence-electron chi connectivity index (χ3n) is 2.46. The maximum Gasteiger partial charge on any atom is 0.168 e. The lowest BCUT2D eigenvalue weighted by atomic mass is 10.0. The van der Waals surface area contributed by atoms with Gasteiger partial charge in [-0.25, -0.2) is 4.39 Å². The number of rotatable bonds is 3. The van der Waals surface area contributed by atoms with E-state index in [1.165, 1.54) is 23.5 Å². The molecule has 0 spiro atoms. The molecule has 2 rings (SSSR count). The van der Waals surface area contributed by atoms with Crippen LogP contribution in [0.2, 0.25) is 0 Å². The molecule has 0 unspecified atom stereocenters. The van der Waals surface area contributed by atoms with Gasteiger partial charge in [0.15, 0.2) is 5.78 Å². The summed E-state index contributed by atoms with van der Waals surface area (Å²) >= 11 is 4.86. The Morgan fingerprint density at radius 1 is 1.41 bits per heavy atom. The number of carbonyl (C=O) groups is 1. The minimum absolute atomic E-state index is 0.0450. The third kappa shape index (κ3) is 3.01. The molecule has 88 valence electrons. The van der Waals surface area contributed by atoms with Crippen molar-refractivity contribution in [1.82, 2.24) is 0 Å². The van der Waals surface area contributed by atoms with E-state index in [-0.39, 0.29) is 11.6 Å². The minimum atomic E-state index is -0.369. The van der Waals surface area contributed by atoms with E-state index in [0.717, 1.165) is 14.9 Å². The van der Waals surface area contributed by atoms with Gasteiger partial charge < -0.3 is 0 Å². The summed E-state index contributed by atoms with van der Waals surface area (Å²) in [6, 6.07) is 6.22. The van der Waals surface area contributed by atoms with E-state index >= 15 is 0 Å². The summed E-state index contributed by atoms with van der Waals surface area (Å²) in [5.41, 5.74) is 1.28. The van der Waals surface area contributed by atoms with Crippen LogP contribution in [0.3, 0.4) is 0 Å². The fourth-order valence-corrected chi connectivity index (χ4v) is 3.04. The van der Waals surface area contributed by atoms with Gasteiger partial charge in [-0.15, -0.1) is 11.3 Å². The van der Waals surface area contributed by atoms with Crippen LogP contribution >= 0.6 is 27.3 Å². The van der Waals surface area contributed by atoms with Crippen molar-refractivity contribution in [2.24, 2.45) is 0 Å². The summed E-state index contributed by atoms with van der Waals surface area (Å²) in [4.78, 5) is 13.0. The fraction of sp³-hybridized carbons (Fsp3) is 0.154. The van der Waals surface area contributed by atoms with Gasteiger partial charge in [0.05, 0.1) is 0 Å². The molecule has 1 aromatic heterocycles. The van der Waals surface area contributed by atoms with Gasteiger partial charge in [0, 0.05) is 26.7 Å². The van der Waals surface area contributed by atoms with E-state index in [0.29, 0.717) is 12.0 Å². The number of aryl methyl sites for hydroxylation is 1. The van der Waals surface area contributed by atoms with Gasteiger partial charge in [-0.2, -0.15) is 0 Å². The first kappa shape index (κ1) is 12.5. The van der Waals surface area contributed by atoms with Gasteiger partial charge in [0.25, 0.3) is 0 Å². The van der Waals surface area contributed by atoms with E-state index in [9.17, 15) is 9.18 Å². The van der Waals surface area contributed by atoms with Crippen LogP contribution in [0.1, 0.15) is 20.8 Å². The van der Waals surface area contributed by atoms with Crippen molar-refractivity contribution in [2.45, 2.75) is 13.3 Å². The van der Waals surface area contributed by atoms with Crippen molar-refractivity contribution in [3.63, 3.8) is 0 Å². The second-order valence-electron chi connectivity index (χ2n) is 3.79. The number of carbonyl (C=O) groups excluding carboxylic acids is 1. The quantitative estimate of drug-likeness (QED) is 0.768. The first-order valence-corrected chi connectivity index (χ1v) is 6.76. The molecule has 0 aliphatic heterocycles. The molecule has 0 N–H and O–H groups in total. The maximum absolute atomic E-state index is 13.1. The number of halogens is 2. The summed E-state index contributed by atoms with van der Waals surface area (Å²) < 4.78 is 14.1. The summed E-state index contributed by atoms with van der Waals surface area (Å²) in [6.07, 6.45) is 0.320. The van der Waals surface area contributed by atoms with Crippen molar-refractivity contribution in [3.8, 4) is 0 Å². The molecule has 1 nitrogen and oxygen atoms in total. The molecule has 0 fully saturated rings. The van der Waals surface area contributed by atoms with Crippen LogP contribution in [0.4, 0.5) is 4.39 Å². The fourth-order valence-electron chi connectivity index (χ4n) is 1.59. The normalized spacial score (nSPS) is 10.5. The monoisotopic (exact) mass is 312 g/mol. The van der Waals surface area contributed by atoms with Crippen molar-refractivity contribution in [3.05, 3.63) is 55.9 Å². The molecule has 17 heavy (non-hydrogen) atoms. The molecule has 4 heteroatoms. The Hall–Kier alpha value is -1.000. The van der Waals surface area contributed by atoms with Gasteiger partial charge >= 0.3 is 0 Å². The first-order chi connectivity index (χ1) is 8.06. The molecule has 0 radical (unpaired) electrons. The van der Waals surface area contributed by atoms with E-state index in [1.54, 1.807) is 6.07 Å². The predicted molar refractivity (Wildman–Crippen MR) is 71.2 cm³/mol. The summed E-state index contributed by atoms with van der Waals surface area (Å²) in [7, 11) is 0. The van der Waals surface area contributed by atoms with Gasteiger partial charge in [-0.3, -0.25) is 4.79 Å². The Morgan fingerprint density at radius 3 is 2.82 bits per heavy atom. The molecule has 0 saturated carbocycles. The first-order valence-electron chi connectivity index (χ1n) is 5.08. The number of benzene rings is 1. The van der Waals surface area contributed by atoms with Crippen LogP contribution in [-0.2, 0) is 6.42 Å². The molecule has 0 amide bonds. The Bertz CT molecular complexity index is 562. The summed E-state index contributed by atoms with van der Waals surface area (Å²) in [5.74, 6) is -0.414. The highest BCUT2D eigenvalue weighted by molar-refractivity contribution is 9.10. The largest absolute Gasteiger partial charge is 0.294 e. The Kier molecular flexibility index (Phi) is 3.74. The number of hydrogen-bond acceptors (Lipinski definition) is 2. The van der Waals surface area contributed by atoms with Gasteiger partial charge in [-0.05, 0) is 46.6 Å². The lowest BCUT2D eigenvalue weighted by Gasteiger charge is -2.03. The minimum Gasteiger partial charge on any atom is -0.294 e. The molecular formula is C13H10BrFOS.